The molecule has 0 spiro atoms. The highest BCUT2D eigenvalue weighted by atomic mass is 16.5. The molecular formula is C14H20N2O3. The van der Waals surface area contributed by atoms with Crippen molar-refractivity contribution in [3.05, 3.63) is 17.8 Å². The van der Waals surface area contributed by atoms with Gasteiger partial charge in [0.15, 0.2) is 0 Å². The van der Waals surface area contributed by atoms with Gasteiger partial charge in [-0.3, -0.25) is 4.79 Å². The van der Waals surface area contributed by atoms with Gasteiger partial charge in [-0.2, -0.15) is 0 Å². The maximum atomic E-state index is 12.0. The fourth-order valence-corrected chi connectivity index (χ4v) is 2.51. The molecule has 0 aliphatic heterocycles. The van der Waals surface area contributed by atoms with E-state index >= 15 is 0 Å². The van der Waals surface area contributed by atoms with Crippen LogP contribution in [0.4, 0.5) is 5.69 Å². The lowest BCUT2D eigenvalue weighted by Crippen LogP contribution is -2.30. The largest absolute Gasteiger partial charge is 0.480 e. The number of carbonyl (C=O) groups is 1. The van der Waals surface area contributed by atoms with Crippen LogP contribution in [0.2, 0.25) is 0 Å². The number of hydrogen-bond donors (Lipinski definition) is 2. The van der Waals surface area contributed by atoms with Crippen LogP contribution < -0.4 is 10.1 Å². The number of aromatic nitrogens is 1. The maximum Gasteiger partial charge on any atom is 0.237 e. The summed E-state index contributed by atoms with van der Waals surface area (Å²) in [5.74, 6) is 0.187. The highest BCUT2D eigenvalue weighted by Gasteiger charge is 2.33. The van der Waals surface area contributed by atoms with Crippen LogP contribution in [0.25, 0.3) is 0 Å². The van der Waals surface area contributed by atoms with E-state index < -0.39 is 5.60 Å². The van der Waals surface area contributed by atoms with Gasteiger partial charge >= 0.3 is 0 Å². The zero-order valence-electron chi connectivity index (χ0n) is 11.4. The minimum atomic E-state index is -0.839. The maximum absolute atomic E-state index is 12.0. The summed E-state index contributed by atoms with van der Waals surface area (Å²) in [5, 5.41) is 13.0. The Balaban J connectivity index is 2.04. The predicted molar refractivity (Wildman–Crippen MR) is 72.2 cm³/mol. The molecule has 1 fully saturated rings. The van der Waals surface area contributed by atoms with Crippen LogP contribution in [0, 0.1) is 6.92 Å². The van der Waals surface area contributed by atoms with Crippen molar-refractivity contribution in [2.45, 2.75) is 44.6 Å². The van der Waals surface area contributed by atoms with Gasteiger partial charge in [0.25, 0.3) is 0 Å². The first kappa shape index (κ1) is 13.8. The smallest absolute Gasteiger partial charge is 0.237 e. The third-order valence-corrected chi connectivity index (χ3v) is 3.48. The van der Waals surface area contributed by atoms with Crippen LogP contribution in [0.5, 0.6) is 5.88 Å². The second-order valence-electron chi connectivity index (χ2n) is 5.23. The number of aliphatic hydroxyl groups is 1. The van der Waals surface area contributed by atoms with Crippen LogP contribution in [-0.2, 0) is 4.79 Å². The number of amides is 1. The number of rotatable bonds is 4. The molecule has 1 aliphatic rings. The summed E-state index contributed by atoms with van der Waals surface area (Å²) in [4.78, 5) is 16.1. The standard InChI is InChI=1S/C14H20N2O3/c1-10-7-11(13(19-2)15-9-10)16-12(17)8-14(18)5-3-4-6-14/h7,9,18H,3-6,8H2,1-2H3,(H,16,17). The number of nitrogens with zero attached hydrogens (tertiary/aromatic N) is 1. The number of methoxy groups -OCH3 is 1. The van der Waals surface area contributed by atoms with Gasteiger partial charge in [-0.05, 0) is 31.4 Å². The summed E-state index contributed by atoms with van der Waals surface area (Å²) in [6.45, 7) is 1.90. The molecule has 0 bridgehead atoms. The van der Waals surface area contributed by atoms with Crippen LogP contribution in [0.15, 0.2) is 12.3 Å². The molecule has 0 radical (unpaired) electrons. The van der Waals surface area contributed by atoms with Gasteiger partial charge in [0.2, 0.25) is 11.8 Å². The molecule has 0 aromatic carbocycles. The summed E-state index contributed by atoms with van der Waals surface area (Å²) in [6.07, 6.45) is 5.18. The van der Waals surface area contributed by atoms with Gasteiger partial charge in [-0.15, -0.1) is 0 Å². The fraction of sp³-hybridized carbons (Fsp3) is 0.571. The Morgan fingerprint density at radius 2 is 2.21 bits per heavy atom. The fourth-order valence-electron chi connectivity index (χ4n) is 2.51. The minimum absolute atomic E-state index is 0.129. The molecule has 19 heavy (non-hydrogen) atoms. The van der Waals surface area contributed by atoms with Crippen molar-refractivity contribution in [1.29, 1.82) is 0 Å². The molecule has 0 unspecified atom stereocenters. The van der Waals surface area contributed by atoms with Crippen molar-refractivity contribution in [3.63, 3.8) is 0 Å². The number of aryl methyl sites for hydroxylation is 1. The molecule has 0 atom stereocenters. The van der Waals surface area contributed by atoms with Crippen LogP contribution in [0.3, 0.4) is 0 Å². The van der Waals surface area contributed by atoms with E-state index in [1.54, 1.807) is 6.20 Å². The first-order chi connectivity index (χ1) is 9.02. The van der Waals surface area contributed by atoms with Crippen molar-refractivity contribution in [1.82, 2.24) is 4.98 Å². The van der Waals surface area contributed by atoms with E-state index in [0.29, 0.717) is 24.4 Å². The number of carbonyl (C=O) groups excluding carboxylic acids is 1. The van der Waals surface area contributed by atoms with Crippen LogP contribution in [0.1, 0.15) is 37.7 Å². The molecule has 5 heteroatoms. The number of anilines is 1. The average Bonchev–Trinajstić information content (AvgIpc) is 2.75. The highest BCUT2D eigenvalue weighted by Crippen LogP contribution is 2.33. The van der Waals surface area contributed by atoms with E-state index in [2.05, 4.69) is 10.3 Å². The summed E-state index contributed by atoms with van der Waals surface area (Å²) in [7, 11) is 1.51. The lowest BCUT2D eigenvalue weighted by Gasteiger charge is -2.21. The summed E-state index contributed by atoms with van der Waals surface area (Å²) >= 11 is 0. The first-order valence-electron chi connectivity index (χ1n) is 6.55. The topological polar surface area (TPSA) is 71.5 Å². The Labute approximate surface area is 113 Å². The Morgan fingerprint density at radius 3 is 2.84 bits per heavy atom. The SMILES string of the molecule is COc1ncc(C)cc1NC(=O)CC1(O)CCCC1. The third-order valence-electron chi connectivity index (χ3n) is 3.48. The number of ether oxygens (including phenoxy) is 1. The number of nitrogens with one attached hydrogen (secondary N) is 1. The van der Waals surface area contributed by atoms with Crippen molar-refractivity contribution in [2.24, 2.45) is 0 Å². The molecule has 0 saturated heterocycles. The summed E-state index contributed by atoms with van der Waals surface area (Å²) < 4.78 is 5.11. The van der Waals surface area contributed by atoms with E-state index in [1.807, 2.05) is 13.0 Å². The van der Waals surface area contributed by atoms with Gasteiger partial charge < -0.3 is 15.2 Å². The molecule has 104 valence electrons. The van der Waals surface area contributed by atoms with Gasteiger partial charge in [0.1, 0.15) is 5.69 Å². The lowest BCUT2D eigenvalue weighted by atomic mass is 9.97. The molecular weight excluding hydrogens is 244 g/mol. The Kier molecular flexibility index (Phi) is 4.04. The molecule has 2 rings (SSSR count). The van der Waals surface area contributed by atoms with E-state index in [4.69, 9.17) is 4.74 Å². The molecule has 1 aromatic heterocycles. The third kappa shape index (κ3) is 3.44. The monoisotopic (exact) mass is 264 g/mol. The average molecular weight is 264 g/mol. The second-order valence-corrected chi connectivity index (χ2v) is 5.23. The molecule has 5 nitrogen and oxygen atoms in total. The van der Waals surface area contributed by atoms with Gasteiger partial charge in [-0.25, -0.2) is 4.98 Å². The first-order valence-corrected chi connectivity index (χ1v) is 6.55. The number of hydrogen-bond acceptors (Lipinski definition) is 4. The highest BCUT2D eigenvalue weighted by molar-refractivity contribution is 5.92. The van der Waals surface area contributed by atoms with E-state index in [0.717, 1.165) is 18.4 Å². The van der Waals surface area contributed by atoms with E-state index in [9.17, 15) is 9.90 Å². The second kappa shape index (κ2) is 5.57. The van der Waals surface area contributed by atoms with Gasteiger partial charge in [0, 0.05) is 6.20 Å². The Bertz CT molecular complexity index is 468. The normalized spacial score (nSPS) is 17.2. The quantitative estimate of drug-likeness (QED) is 0.873. The molecule has 1 aliphatic carbocycles. The zero-order chi connectivity index (χ0) is 13.9. The van der Waals surface area contributed by atoms with Crippen molar-refractivity contribution < 1.29 is 14.6 Å². The summed E-state index contributed by atoms with van der Waals surface area (Å²) in [6, 6.07) is 1.81. The number of pyridine rings is 1. The molecule has 1 saturated carbocycles. The lowest BCUT2D eigenvalue weighted by molar-refractivity contribution is -0.120. The van der Waals surface area contributed by atoms with E-state index in [-0.39, 0.29) is 12.3 Å². The molecule has 1 aromatic rings. The Hall–Kier alpha value is -1.62. The van der Waals surface area contributed by atoms with Crippen LogP contribution >= 0.6 is 0 Å². The summed E-state index contributed by atoms with van der Waals surface area (Å²) in [5.41, 5.74) is 0.652. The molecule has 1 amide bonds. The molecule has 1 heterocycles. The van der Waals surface area contributed by atoms with Gasteiger partial charge in [-0.1, -0.05) is 12.8 Å². The molecule has 2 N–H and O–H groups in total. The Morgan fingerprint density at radius 1 is 1.53 bits per heavy atom. The van der Waals surface area contributed by atoms with Crippen molar-refractivity contribution in [3.8, 4) is 5.88 Å². The van der Waals surface area contributed by atoms with E-state index in [1.165, 1.54) is 7.11 Å². The van der Waals surface area contributed by atoms with Crippen molar-refractivity contribution in [2.75, 3.05) is 12.4 Å². The van der Waals surface area contributed by atoms with Crippen LogP contribution in [-0.4, -0.2) is 28.7 Å². The van der Waals surface area contributed by atoms with Gasteiger partial charge in [0.05, 0.1) is 19.1 Å². The van der Waals surface area contributed by atoms with Crippen molar-refractivity contribution >= 4 is 11.6 Å². The zero-order valence-corrected chi connectivity index (χ0v) is 11.4. The predicted octanol–water partition coefficient (Wildman–Crippen LogP) is 2.03. The minimum Gasteiger partial charge on any atom is -0.480 e.